The Morgan fingerprint density at radius 1 is 1.00 bits per heavy atom. The molecule has 2 saturated heterocycles. The maximum atomic E-state index is 12.1. The van der Waals surface area contributed by atoms with Gasteiger partial charge in [0.25, 0.3) is 0 Å². The maximum absolute atomic E-state index is 12.1. The number of azide groups is 1. The van der Waals surface area contributed by atoms with E-state index < -0.39 is 48.7 Å². The van der Waals surface area contributed by atoms with Gasteiger partial charge in [0, 0.05) is 29.6 Å². The van der Waals surface area contributed by atoms with Crippen LogP contribution in [0.25, 0.3) is 10.4 Å². The molecule has 0 aliphatic carbocycles. The molecule has 2 fully saturated rings. The van der Waals surface area contributed by atoms with Gasteiger partial charge in [0.1, 0.15) is 24.3 Å². The van der Waals surface area contributed by atoms with E-state index in [1.54, 1.807) is 11.8 Å². The van der Waals surface area contributed by atoms with E-state index in [-0.39, 0.29) is 29.8 Å². The molecule has 1 aromatic rings. The number of carbonyl (C=O) groups is 2. The molecule has 0 spiro atoms. The van der Waals surface area contributed by atoms with E-state index in [9.17, 15) is 15.1 Å². The van der Waals surface area contributed by atoms with Crippen molar-refractivity contribution in [1.29, 1.82) is 0 Å². The monoisotopic (exact) mass is 521 g/mol. The summed E-state index contributed by atoms with van der Waals surface area (Å²) >= 11 is 1.56. The molecule has 0 N–H and O–H groups in total. The topological polar surface area (TPSA) is 129 Å². The first-order valence-corrected chi connectivity index (χ1v) is 13.0. The van der Waals surface area contributed by atoms with E-state index in [1.165, 1.54) is 13.8 Å². The molecule has 11 heteroatoms. The third-order valence-electron chi connectivity index (χ3n) is 6.85. The highest BCUT2D eigenvalue weighted by Gasteiger charge is 2.49. The van der Waals surface area contributed by atoms with Gasteiger partial charge in [-0.05, 0) is 36.4 Å². The zero-order valence-corrected chi connectivity index (χ0v) is 22.3. The number of benzene rings is 1. The molecular weight excluding hydrogens is 486 g/mol. The van der Waals surface area contributed by atoms with Gasteiger partial charge >= 0.3 is 11.9 Å². The van der Waals surface area contributed by atoms with Crippen LogP contribution in [0.1, 0.15) is 41.5 Å². The Morgan fingerprint density at radius 2 is 1.69 bits per heavy atom. The van der Waals surface area contributed by atoms with Crippen LogP contribution >= 0.6 is 11.8 Å². The van der Waals surface area contributed by atoms with Crippen molar-refractivity contribution in [3.63, 3.8) is 0 Å². The van der Waals surface area contributed by atoms with Crippen LogP contribution < -0.4 is 0 Å². The number of hydrogen-bond acceptors (Lipinski definition) is 9. The van der Waals surface area contributed by atoms with Gasteiger partial charge in [-0.1, -0.05) is 55.8 Å². The van der Waals surface area contributed by atoms with Crippen LogP contribution in [-0.2, 0) is 33.3 Å². The molecule has 0 saturated carbocycles. The van der Waals surface area contributed by atoms with E-state index in [4.69, 9.17) is 23.7 Å². The SMILES string of the molecule is CC(=O)OCC1O[C@@H](O[C@@H]2C(C)O[C@@H](Sc3ccccc3)C(C)[C@@H]2OC(C)=O)C(N=[N+]=[N-])[C@@H](C)[C@@H]1C. The van der Waals surface area contributed by atoms with Gasteiger partial charge in [-0.3, -0.25) is 9.59 Å². The van der Waals surface area contributed by atoms with E-state index in [2.05, 4.69) is 10.0 Å². The van der Waals surface area contributed by atoms with E-state index in [1.807, 2.05) is 58.0 Å². The summed E-state index contributed by atoms with van der Waals surface area (Å²) in [6.45, 7) is 10.5. The summed E-state index contributed by atoms with van der Waals surface area (Å²) in [5, 5.41) is 3.96. The Labute approximate surface area is 216 Å². The maximum Gasteiger partial charge on any atom is 0.303 e. The van der Waals surface area contributed by atoms with Crippen molar-refractivity contribution >= 4 is 23.7 Å². The van der Waals surface area contributed by atoms with Crippen LogP contribution in [0.4, 0.5) is 0 Å². The number of esters is 2. The third-order valence-corrected chi connectivity index (χ3v) is 8.17. The minimum atomic E-state index is -0.938. The van der Waals surface area contributed by atoms with Crippen molar-refractivity contribution in [2.24, 2.45) is 22.9 Å². The zero-order valence-electron chi connectivity index (χ0n) is 21.5. The average Bonchev–Trinajstić information content (AvgIpc) is 2.83. The average molecular weight is 522 g/mol. The fraction of sp³-hybridized carbons (Fsp3) is 0.680. The van der Waals surface area contributed by atoms with Gasteiger partial charge in [0.05, 0.1) is 18.2 Å². The molecule has 0 amide bonds. The summed E-state index contributed by atoms with van der Waals surface area (Å²) < 4.78 is 29.9. The normalized spacial score (nSPS) is 36.4. The summed E-state index contributed by atoms with van der Waals surface area (Å²) in [5.74, 6) is -1.23. The van der Waals surface area contributed by atoms with E-state index >= 15 is 0 Å². The lowest BCUT2D eigenvalue weighted by Crippen LogP contribution is -2.58. The van der Waals surface area contributed by atoms with Crippen LogP contribution in [0.2, 0.25) is 0 Å². The van der Waals surface area contributed by atoms with Crippen molar-refractivity contribution in [3.8, 4) is 0 Å². The van der Waals surface area contributed by atoms with Gasteiger partial charge in [-0.25, -0.2) is 0 Å². The molecule has 0 radical (unpaired) electrons. The fourth-order valence-electron chi connectivity index (χ4n) is 4.61. The van der Waals surface area contributed by atoms with Crippen molar-refractivity contribution in [1.82, 2.24) is 0 Å². The number of hydrogen-bond donors (Lipinski definition) is 0. The summed E-state index contributed by atoms with van der Waals surface area (Å²) in [7, 11) is 0. The molecule has 36 heavy (non-hydrogen) atoms. The van der Waals surface area contributed by atoms with Crippen LogP contribution in [0.3, 0.4) is 0 Å². The molecule has 4 unspecified atom stereocenters. The van der Waals surface area contributed by atoms with E-state index in [0.717, 1.165) is 4.90 Å². The molecule has 2 heterocycles. The number of rotatable bonds is 8. The highest BCUT2D eigenvalue weighted by molar-refractivity contribution is 7.99. The van der Waals surface area contributed by atoms with Gasteiger partial charge in [0.15, 0.2) is 6.29 Å². The Morgan fingerprint density at radius 3 is 2.31 bits per heavy atom. The molecular formula is C25H35N3O7S. The van der Waals surface area contributed by atoms with Gasteiger partial charge in [-0.2, -0.15) is 0 Å². The van der Waals surface area contributed by atoms with Gasteiger partial charge in [-0.15, -0.1) is 0 Å². The summed E-state index contributed by atoms with van der Waals surface area (Å²) in [4.78, 5) is 27.5. The molecule has 0 bridgehead atoms. The smallest absolute Gasteiger partial charge is 0.303 e. The van der Waals surface area contributed by atoms with Crippen LogP contribution in [0.15, 0.2) is 40.3 Å². The first-order valence-electron chi connectivity index (χ1n) is 12.1. The Hall–Kier alpha value is -2.30. The lowest BCUT2D eigenvalue weighted by atomic mass is 9.82. The second-order valence-electron chi connectivity index (χ2n) is 9.43. The van der Waals surface area contributed by atoms with Crippen molar-refractivity contribution in [2.75, 3.05) is 6.61 Å². The molecule has 2 aliphatic heterocycles. The molecule has 3 rings (SSSR count). The summed E-state index contributed by atoms with van der Waals surface area (Å²) in [6.07, 6.45) is -3.14. The lowest BCUT2D eigenvalue weighted by molar-refractivity contribution is -0.294. The Balaban J connectivity index is 1.83. The first kappa shape index (κ1) is 28.3. The van der Waals surface area contributed by atoms with Gasteiger partial charge in [0.2, 0.25) is 0 Å². The largest absolute Gasteiger partial charge is 0.463 e. The van der Waals surface area contributed by atoms with Crippen LogP contribution in [0.5, 0.6) is 0 Å². The van der Waals surface area contributed by atoms with Crippen molar-refractivity contribution in [3.05, 3.63) is 40.8 Å². The predicted molar refractivity (Wildman–Crippen MR) is 133 cm³/mol. The molecule has 1 aromatic carbocycles. The standard InChI is InChI=1S/C25H35N3O7S/c1-13-14(2)21(27-28-26)24(34-20(13)12-31-17(5)29)35-23-16(4)32-25(15(3)22(23)33-18(6)30)36-19-10-8-7-9-11-19/h7-11,13-16,20-25H,12H2,1-6H3/t13-,14-,15?,16?,20?,21?,22-,23+,24-,25-/m0/s1. The van der Waals surface area contributed by atoms with Crippen molar-refractivity contribution in [2.45, 2.75) is 88.6 Å². The number of nitrogens with zero attached hydrogens (tertiary/aromatic N) is 3. The second kappa shape index (κ2) is 12.8. The molecule has 2 aliphatic rings. The Kier molecular flexibility index (Phi) is 10.0. The van der Waals surface area contributed by atoms with Gasteiger partial charge < -0.3 is 23.7 Å². The number of carbonyl (C=O) groups excluding carboxylic acids is 2. The second-order valence-corrected chi connectivity index (χ2v) is 10.6. The highest BCUT2D eigenvalue weighted by atomic mass is 32.2. The zero-order chi connectivity index (χ0) is 26.4. The van der Waals surface area contributed by atoms with Crippen molar-refractivity contribution < 1.29 is 33.3 Å². The molecule has 10 nitrogen and oxygen atoms in total. The number of thioether (sulfide) groups is 1. The number of ether oxygens (including phenoxy) is 5. The lowest BCUT2D eigenvalue weighted by Gasteiger charge is -2.48. The summed E-state index contributed by atoms with van der Waals surface area (Å²) in [6, 6.07) is 9.24. The van der Waals surface area contributed by atoms with Crippen LogP contribution in [0, 0.1) is 17.8 Å². The molecule has 198 valence electrons. The Bertz CT molecular complexity index is 945. The molecule has 0 aromatic heterocycles. The predicted octanol–water partition coefficient (Wildman–Crippen LogP) is 4.72. The first-order chi connectivity index (χ1) is 17.1. The summed E-state index contributed by atoms with van der Waals surface area (Å²) in [5.41, 5.74) is 8.93. The fourth-order valence-corrected chi connectivity index (χ4v) is 5.79. The van der Waals surface area contributed by atoms with Crippen LogP contribution in [-0.4, -0.2) is 60.7 Å². The minimum Gasteiger partial charge on any atom is -0.463 e. The third kappa shape index (κ3) is 6.92. The van der Waals surface area contributed by atoms with E-state index in [0.29, 0.717) is 0 Å². The quantitative estimate of drug-likeness (QED) is 0.208. The molecule has 10 atom stereocenters. The highest BCUT2D eigenvalue weighted by Crippen LogP contribution is 2.41. The minimum absolute atomic E-state index is 0.0555.